The fraction of sp³-hybridized carbons (Fsp3) is 0.714. The van der Waals surface area contributed by atoms with E-state index in [1.54, 1.807) is 0 Å². The molecule has 0 radical (unpaired) electrons. The maximum absolute atomic E-state index is 8.46. The molecule has 18 heavy (non-hydrogen) atoms. The van der Waals surface area contributed by atoms with Gasteiger partial charge in [0.05, 0.1) is 19.2 Å². The molecule has 0 aliphatic rings. The molecule has 0 atom stereocenters. The first kappa shape index (κ1) is 15.1. The third-order valence-electron chi connectivity index (χ3n) is 2.86. The molecule has 0 aliphatic carbocycles. The van der Waals surface area contributed by atoms with Crippen LogP contribution in [0.25, 0.3) is 0 Å². The molecule has 0 N–H and O–H groups in total. The van der Waals surface area contributed by atoms with Crippen LogP contribution in [0.15, 0.2) is 18.7 Å². The van der Waals surface area contributed by atoms with Gasteiger partial charge in [-0.15, -0.1) is 0 Å². The van der Waals surface area contributed by atoms with Crippen molar-refractivity contribution in [1.82, 2.24) is 4.57 Å². The molecule has 1 rings (SSSR count). The Labute approximate surface area is 115 Å². The predicted octanol–water partition coefficient (Wildman–Crippen LogP) is 3.00. The minimum atomic E-state index is 0.677. The van der Waals surface area contributed by atoms with Crippen molar-refractivity contribution in [1.29, 1.82) is 5.26 Å². The second-order valence-electron chi connectivity index (χ2n) is 4.41. The number of rotatable bonds is 10. The number of thioether (sulfide) groups is 1. The minimum Gasteiger partial charge on any atom is -0.237 e. The van der Waals surface area contributed by atoms with Gasteiger partial charge < -0.3 is 0 Å². The Bertz CT molecular complexity index is 354. The molecule has 0 unspecified atom stereocenters. The molecule has 0 saturated heterocycles. The smallest absolute Gasteiger partial charge is 0.237 e. The minimum absolute atomic E-state index is 0.677. The lowest BCUT2D eigenvalue weighted by Gasteiger charge is -1.98. The van der Waals surface area contributed by atoms with Gasteiger partial charge in [-0.1, -0.05) is 6.92 Å². The zero-order chi connectivity index (χ0) is 13.1. The van der Waals surface area contributed by atoms with E-state index in [1.165, 1.54) is 24.3 Å². The third-order valence-corrected chi connectivity index (χ3v) is 3.85. The van der Waals surface area contributed by atoms with Crippen molar-refractivity contribution in [3.63, 3.8) is 0 Å². The van der Waals surface area contributed by atoms with Crippen molar-refractivity contribution in [2.75, 3.05) is 11.5 Å². The molecule has 0 saturated carbocycles. The largest absolute Gasteiger partial charge is 0.243 e. The molecule has 4 heteroatoms. The van der Waals surface area contributed by atoms with Crippen LogP contribution in [0, 0.1) is 11.3 Å². The van der Waals surface area contributed by atoms with Crippen molar-refractivity contribution < 1.29 is 4.57 Å². The van der Waals surface area contributed by atoms with Crippen molar-refractivity contribution in [2.45, 2.75) is 52.1 Å². The molecule has 100 valence electrons. The third kappa shape index (κ3) is 6.70. The quantitative estimate of drug-likeness (QED) is 0.482. The number of imidazole rings is 1. The highest BCUT2D eigenvalue weighted by atomic mass is 32.2. The summed E-state index contributed by atoms with van der Waals surface area (Å²) in [6.45, 7) is 4.36. The topological polar surface area (TPSA) is 32.6 Å². The lowest BCUT2D eigenvalue weighted by molar-refractivity contribution is -0.696. The van der Waals surface area contributed by atoms with Crippen LogP contribution in [-0.4, -0.2) is 16.1 Å². The summed E-state index contributed by atoms with van der Waals surface area (Å²) in [5.41, 5.74) is 0. The number of aromatic nitrogens is 2. The molecule has 0 amide bonds. The summed E-state index contributed by atoms with van der Waals surface area (Å²) in [5.74, 6) is 2.51. The van der Waals surface area contributed by atoms with Gasteiger partial charge in [0.15, 0.2) is 0 Å². The number of nitriles is 1. The normalized spacial score (nSPS) is 10.4. The van der Waals surface area contributed by atoms with Gasteiger partial charge in [0, 0.05) is 6.42 Å². The molecular weight excluding hydrogens is 242 g/mol. The van der Waals surface area contributed by atoms with Gasteiger partial charge in [-0.25, -0.2) is 9.13 Å². The van der Waals surface area contributed by atoms with Crippen molar-refractivity contribution in [3.05, 3.63) is 18.7 Å². The predicted molar refractivity (Wildman–Crippen MR) is 76.3 cm³/mol. The van der Waals surface area contributed by atoms with Crippen molar-refractivity contribution >= 4 is 11.8 Å². The zero-order valence-corrected chi connectivity index (χ0v) is 12.2. The summed E-state index contributed by atoms with van der Waals surface area (Å²) < 4.78 is 4.49. The molecule has 0 aromatic carbocycles. The van der Waals surface area contributed by atoms with E-state index in [-0.39, 0.29) is 0 Å². The number of hydrogen-bond acceptors (Lipinski definition) is 2. The summed E-state index contributed by atoms with van der Waals surface area (Å²) in [5, 5.41) is 8.46. The summed E-state index contributed by atoms with van der Waals surface area (Å²) in [6, 6.07) is 2.19. The summed E-state index contributed by atoms with van der Waals surface area (Å²) in [4.78, 5) is 0. The number of unbranched alkanes of at least 4 members (excludes halogenated alkanes) is 3. The Kier molecular flexibility index (Phi) is 8.41. The lowest BCUT2D eigenvalue weighted by atomic mass is 10.2. The van der Waals surface area contributed by atoms with Gasteiger partial charge in [0.25, 0.3) is 0 Å². The highest BCUT2D eigenvalue weighted by Gasteiger charge is 2.03. The van der Waals surface area contributed by atoms with Gasteiger partial charge in [-0.3, -0.25) is 0 Å². The van der Waals surface area contributed by atoms with E-state index in [2.05, 4.69) is 40.8 Å². The van der Waals surface area contributed by atoms with Crippen LogP contribution < -0.4 is 4.57 Å². The van der Waals surface area contributed by atoms with Gasteiger partial charge in [0.1, 0.15) is 12.4 Å². The molecule has 1 aromatic heterocycles. The monoisotopic (exact) mass is 266 g/mol. The Morgan fingerprint density at radius 1 is 1.28 bits per heavy atom. The number of hydrogen-bond donors (Lipinski definition) is 0. The maximum atomic E-state index is 8.46. The Hall–Kier alpha value is -0.950. The standard InChI is InChI=1S/C14H24N3S/c1-2-18-13-7-6-10-17-12-11-16(14-17)9-5-3-4-8-15/h11-12,14H,2-7,9-10,13H2,1H3/q+1. The van der Waals surface area contributed by atoms with Crippen LogP contribution in [0.2, 0.25) is 0 Å². The molecule has 1 heterocycles. The van der Waals surface area contributed by atoms with Crippen LogP contribution in [0.4, 0.5) is 0 Å². The van der Waals surface area contributed by atoms with E-state index >= 15 is 0 Å². The van der Waals surface area contributed by atoms with E-state index in [0.29, 0.717) is 6.42 Å². The van der Waals surface area contributed by atoms with Crippen LogP contribution >= 0.6 is 11.8 Å². The van der Waals surface area contributed by atoms with E-state index < -0.39 is 0 Å². The van der Waals surface area contributed by atoms with Gasteiger partial charge in [-0.2, -0.15) is 17.0 Å². The van der Waals surface area contributed by atoms with E-state index in [4.69, 9.17) is 5.26 Å². The first-order valence-electron chi connectivity index (χ1n) is 6.86. The maximum Gasteiger partial charge on any atom is 0.243 e. The number of aryl methyl sites for hydroxylation is 2. The zero-order valence-electron chi connectivity index (χ0n) is 11.3. The molecule has 0 aliphatic heterocycles. The summed E-state index contributed by atoms with van der Waals surface area (Å²) in [6.07, 6.45) is 11.8. The van der Waals surface area contributed by atoms with E-state index in [1.807, 2.05) is 11.8 Å². The van der Waals surface area contributed by atoms with Gasteiger partial charge >= 0.3 is 0 Å². The first-order valence-corrected chi connectivity index (χ1v) is 8.01. The number of nitrogens with zero attached hydrogens (tertiary/aromatic N) is 3. The molecule has 0 fully saturated rings. The van der Waals surface area contributed by atoms with Crippen LogP contribution in [-0.2, 0) is 13.1 Å². The van der Waals surface area contributed by atoms with E-state index in [9.17, 15) is 0 Å². The Morgan fingerprint density at radius 3 is 2.94 bits per heavy atom. The van der Waals surface area contributed by atoms with Gasteiger partial charge in [-0.05, 0) is 37.2 Å². The average molecular weight is 266 g/mol. The molecule has 0 bridgehead atoms. The first-order chi connectivity index (χ1) is 8.86. The molecule has 0 spiro atoms. The fourth-order valence-electron chi connectivity index (χ4n) is 1.84. The Balaban J connectivity index is 2.12. The van der Waals surface area contributed by atoms with Crippen molar-refractivity contribution in [2.24, 2.45) is 0 Å². The molecular formula is C14H24N3S+. The average Bonchev–Trinajstić information content (AvgIpc) is 2.82. The molecule has 1 aromatic rings. The highest BCUT2D eigenvalue weighted by Crippen LogP contribution is 2.04. The van der Waals surface area contributed by atoms with Crippen LogP contribution in [0.5, 0.6) is 0 Å². The summed E-state index contributed by atoms with van der Waals surface area (Å²) >= 11 is 2.02. The Morgan fingerprint density at radius 2 is 2.17 bits per heavy atom. The second kappa shape index (κ2) is 10.0. The van der Waals surface area contributed by atoms with Gasteiger partial charge in [0.2, 0.25) is 6.33 Å². The fourth-order valence-corrected chi connectivity index (χ4v) is 2.54. The lowest BCUT2D eigenvalue weighted by Crippen LogP contribution is -2.30. The highest BCUT2D eigenvalue weighted by molar-refractivity contribution is 7.99. The van der Waals surface area contributed by atoms with Crippen LogP contribution in [0.1, 0.15) is 39.0 Å². The van der Waals surface area contributed by atoms with Crippen LogP contribution in [0.3, 0.4) is 0 Å². The molecule has 3 nitrogen and oxygen atoms in total. The van der Waals surface area contributed by atoms with E-state index in [0.717, 1.165) is 25.9 Å². The van der Waals surface area contributed by atoms with Crippen molar-refractivity contribution in [3.8, 4) is 6.07 Å². The summed E-state index contributed by atoms with van der Waals surface area (Å²) in [7, 11) is 0. The second-order valence-corrected chi connectivity index (χ2v) is 5.80. The SMILES string of the molecule is CCSCCCCn1cc[n+](CCCCC#N)c1.